The van der Waals surface area contributed by atoms with Crippen molar-refractivity contribution in [2.45, 2.75) is 25.5 Å². The minimum absolute atomic E-state index is 0.0490. The van der Waals surface area contributed by atoms with Crippen LogP contribution in [0.1, 0.15) is 13.8 Å². The zero-order chi connectivity index (χ0) is 19.4. The highest BCUT2D eigenvalue weighted by molar-refractivity contribution is 7.99. The SMILES string of the molecule is CC(C)Cn1c(SCC(=O)Nc2ccc(F)c(F)c2)nnc1-c1ccco1. The first-order valence-electron chi connectivity index (χ1n) is 8.29. The number of halogens is 2. The molecule has 0 saturated heterocycles. The second-order valence-corrected chi connectivity index (χ2v) is 7.20. The quantitative estimate of drug-likeness (QED) is 0.610. The van der Waals surface area contributed by atoms with E-state index < -0.39 is 11.6 Å². The number of aromatic nitrogens is 3. The summed E-state index contributed by atoms with van der Waals surface area (Å²) >= 11 is 1.21. The molecule has 0 aliphatic rings. The van der Waals surface area contributed by atoms with Crippen LogP contribution in [0.3, 0.4) is 0 Å². The third-order valence-electron chi connectivity index (χ3n) is 3.54. The van der Waals surface area contributed by atoms with Crippen LogP contribution in [0.15, 0.2) is 46.2 Å². The summed E-state index contributed by atoms with van der Waals surface area (Å²) in [5.41, 5.74) is 0.194. The number of anilines is 1. The molecular formula is C18H18F2N4O2S. The molecule has 2 heterocycles. The summed E-state index contributed by atoms with van der Waals surface area (Å²) in [6.07, 6.45) is 1.56. The number of furan rings is 1. The molecule has 0 radical (unpaired) electrons. The number of hydrogen-bond donors (Lipinski definition) is 1. The first-order chi connectivity index (χ1) is 12.9. The molecule has 1 aromatic carbocycles. The van der Waals surface area contributed by atoms with Crippen LogP contribution in [0, 0.1) is 17.6 Å². The van der Waals surface area contributed by atoms with Gasteiger partial charge in [-0.25, -0.2) is 8.78 Å². The largest absolute Gasteiger partial charge is 0.461 e. The van der Waals surface area contributed by atoms with Gasteiger partial charge in [0, 0.05) is 18.3 Å². The number of amides is 1. The fourth-order valence-electron chi connectivity index (χ4n) is 2.41. The van der Waals surface area contributed by atoms with Crippen LogP contribution < -0.4 is 5.32 Å². The molecule has 0 atom stereocenters. The Morgan fingerprint density at radius 2 is 2.07 bits per heavy atom. The second kappa shape index (κ2) is 8.34. The lowest BCUT2D eigenvalue weighted by atomic mass is 10.2. The Bertz CT molecular complexity index is 926. The average molecular weight is 392 g/mol. The van der Waals surface area contributed by atoms with Crippen LogP contribution >= 0.6 is 11.8 Å². The van der Waals surface area contributed by atoms with Gasteiger partial charge in [0.2, 0.25) is 5.91 Å². The number of nitrogens with zero attached hydrogens (tertiary/aromatic N) is 3. The molecule has 27 heavy (non-hydrogen) atoms. The van der Waals surface area contributed by atoms with Crippen molar-refractivity contribution in [3.8, 4) is 11.6 Å². The van der Waals surface area contributed by atoms with Crippen LogP contribution in [0.25, 0.3) is 11.6 Å². The van der Waals surface area contributed by atoms with E-state index in [4.69, 9.17) is 4.42 Å². The molecule has 2 aromatic heterocycles. The van der Waals surface area contributed by atoms with Gasteiger partial charge in [0.05, 0.1) is 12.0 Å². The van der Waals surface area contributed by atoms with Crippen LogP contribution in [0.4, 0.5) is 14.5 Å². The fourth-order valence-corrected chi connectivity index (χ4v) is 3.16. The molecule has 142 valence electrons. The molecule has 3 rings (SSSR count). The van der Waals surface area contributed by atoms with Crippen LogP contribution in [0.2, 0.25) is 0 Å². The smallest absolute Gasteiger partial charge is 0.234 e. The summed E-state index contributed by atoms with van der Waals surface area (Å²) in [7, 11) is 0. The number of carbonyl (C=O) groups excluding carboxylic acids is 1. The summed E-state index contributed by atoms with van der Waals surface area (Å²) in [6, 6.07) is 6.77. The lowest BCUT2D eigenvalue weighted by Gasteiger charge is -2.11. The van der Waals surface area contributed by atoms with Crippen molar-refractivity contribution in [1.29, 1.82) is 0 Å². The van der Waals surface area contributed by atoms with E-state index in [1.807, 2.05) is 4.57 Å². The Morgan fingerprint density at radius 1 is 1.26 bits per heavy atom. The van der Waals surface area contributed by atoms with Gasteiger partial charge in [-0.2, -0.15) is 0 Å². The molecule has 0 aliphatic heterocycles. The molecule has 0 spiro atoms. The van der Waals surface area contributed by atoms with Gasteiger partial charge >= 0.3 is 0 Å². The maximum absolute atomic E-state index is 13.2. The highest BCUT2D eigenvalue weighted by Crippen LogP contribution is 2.25. The third-order valence-corrected chi connectivity index (χ3v) is 4.51. The molecule has 1 amide bonds. The lowest BCUT2D eigenvalue weighted by molar-refractivity contribution is -0.113. The number of carbonyl (C=O) groups is 1. The van der Waals surface area contributed by atoms with Crippen molar-refractivity contribution in [1.82, 2.24) is 14.8 Å². The van der Waals surface area contributed by atoms with Gasteiger partial charge in [0.25, 0.3) is 0 Å². The Kier molecular flexibility index (Phi) is 5.90. The molecule has 0 saturated carbocycles. The van der Waals surface area contributed by atoms with E-state index in [0.29, 0.717) is 29.2 Å². The predicted molar refractivity (Wildman–Crippen MR) is 98.3 cm³/mol. The fraction of sp³-hybridized carbons (Fsp3) is 0.278. The molecule has 3 aromatic rings. The maximum atomic E-state index is 13.2. The molecule has 0 fully saturated rings. The van der Waals surface area contributed by atoms with Crippen LogP contribution in [0.5, 0.6) is 0 Å². The van der Waals surface area contributed by atoms with E-state index in [0.717, 1.165) is 12.1 Å². The van der Waals surface area contributed by atoms with Gasteiger partial charge in [-0.3, -0.25) is 9.36 Å². The van der Waals surface area contributed by atoms with Crippen molar-refractivity contribution in [3.05, 3.63) is 48.2 Å². The zero-order valence-corrected chi connectivity index (χ0v) is 15.6. The number of hydrogen-bond acceptors (Lipinski definition) is 5. The van der Waals surface area contributed by atoms with E-state index in [-0.39, 0.29) is 17.3 Å². The van der Waals surface area contributed by atoms with Gasteiger partial charge < -0.3 is 9.73 Å². The van der Waals surface area contributed by atoms with E-state index in [2.05, 4.69) is 29.4 Å². The minimum Gasteiger partial charge on any atom is -0.461 e. The van der Waals surface area contributed by atoms with E-state index in [1.165, 1.54) is 17.8 Å². The van der Waals surface area contributed by atoms with Crippen molar-refractivity contribution >= 4 is 23.4 Å². The Hall–Kier alpha value is -2.68. The van der Waals surface area contributed by atoms with Gasteiger partial charge in [-0.15, -0.1) is 10.2 Å². The standard InChI is InChI=1S/C18H18F2N4O2S/c1-11(2)9-24-17(15-4-3-7-26-15)22-23-18(24)27-10-16(25)21-12-5-6-13(19)14(20)8-12/h3-8,11H,9-10H2,1-2H3,(H,21,25). The average Bonchev–Trinajstić information content (AvgIpc) is 3.26. The highest BCUT2D eigenvalue weighted by Gasteiger charge is 2.18. The van der Waals surface area contributed by atoms with Gasteiger partial charge in [-0.1, -0.05) is 25.6 Å². The van der Waals surface area contributed by atoms with Crippen molar-refractivity contribution in [3.63, 3.8) is 0 Å². The predicted octanol–water partition coefficient (Wildman–Crippen LogP) is 4.20. The molecule has 0 bridgehead atoms. The molecule has 0 aliphatic carbocycles. The summed E-state index contributed by atoms with van der Waals surface area (Å²) in [6.45, 7) is 4.79. The van der Waals surface area contributed by atoms with Crippen LogP contribution in [-0.4, -0.2) is 26.4 Å². The van der Waals surface area contributed by atoms with E-state index >= 15 is 0 Å². The Labute approximate surface area is 159 Å². The first kappa shape index (κ1) is 19.1. The summed E-state index contributed by atoms with van der Waals surface area (Å²) in [5.74, 6) is -0.754. The summed E-state index contributed by atoms with van der Waals surface area (Å²) < 4.78 is 33.5. The van der Waals surface area contributed by atoms with Crippen LogP contribution in [-0.2, 0) is 11.3 Å². The highest BCUT2D eigenvalue weighted by atomic mass is 32.2. The van der Waals surface area contributed by atoms with Crippen molar-refractivity contribution < 1.29 is 18.0 Å². The lowest BCUT2D eigenvalue weighted by Crippen LogP contribution is -2.15. The number of benzene rings is 1. The van der Waals surface area contributed by atoms with Gasteiger partial charge in [0.1, 0.15) is 0 Å². The van der Waals surface area contributed by atoms with E-state index in [1.54, 1.807) is 18.4 Å². The summed E-state index contributed by atoms with van der Waals surface area (Å²) in [5, 5.41) is 11.4. The van der Waals surface area contributed by atoms with Crippen molar-refractivity contribution in [2.24, 2.45) is 5.92 Å². The normalized spacial score (nSPS) is 11.1. The second-order valence-electron chi connectivity index (χ2n) is 6.25. The Morgan fingerprint density at radius 3 is 2.74 bits per heavy atom. The van der Waals surface area contributed by atoms with E-state index in [9.17, 15) is 13.6 Å². The number of rotatable bonds is 7. The zero-order valence-electron chi connectivity index (χ0n) is 14.8. The monoisotopic (exact) mass is 392 g/mol. The summed E-state index contributed by atoms with van der Waals surface area (Å²) in [4.78, 5) is 12.1. The third kappa shape index (κ3) is 4.73. The maximum Gasteiger partial charge on any atom is 0.234 e. The number of thioether (sulfide) groups is 1. The molecular weight excluding hydrogens is 374 g/mol. The minimum atomic E-state index is -1.01. The first-order valence-corrected chi connectivity index (χ1v) is 9.27. The van der Waals surface area contributed by atoms with Crippen molar-refractivity contribution in [2.75, 3.05) is 11.1 Å². The molecule has 6 nitrogen and oxygen atoms in total. The molecule has 1 N–H and O–H groups in total. The topological polar surface area (TPSA) is 73.0 Å². The van der Waals surface area contributed by atoms with Gasteiger partial charge in [0.15, 0.2) is 28.4 Å². The van der Waals surface area contributed by atoms with Gasteiger partial charge in [-0.05, 0) is 30.2 Å². The molecule has 0 unspecified atom stereocenters. The Balaban J connectivity index is 1.69. The molecule has 9 heteroatoms. The number of nitrogens with one attached hydrogen (secondary N) is 1.